The Balaban J connectivity index is 1.75. The first-order valence-electron chi connectivity index (χ1n) is 8.85. The Hall–Kier alpha value is -1.94. The lowest BCUT2D eigenvalue weighted by Gasteiger charge is -2.17. The molecule has 0 aliphatic heterocycles. The van der Waals surface area contributed by atoms with Crippen LogP contribution in [0.5, 0.6) is 5.75 Å². The molecule has 4 heteroatoms. The number of carbonyl (C=O) groups excluding carboxylic acids is 1. The molecule has 1 N–H and O–H groups in total. The van der Waals surface area contributed by atoms with Crippen molar-refractivity contribution >= 4 is 17.7 Å². The fraction of sp³-hybridized carbons (Fsp3) is 0.381. The fourth-order valence-electron chi connectivity index (χ4n) is 2.38. The Bertz CT molecular complexity index is 653. The molecule has 25 heavy (non-hydrogen) atoms. The first-order chi connectivity index (χ1) is 12.1. The minimum atomic E-state index is -0.447. The molecule has 2 aromatic rings. The van der Waals surface area contributed by atoms with Crippen LogP contribution in [0.2, 0.25) is 0 Å². The van der Waals surface area contributed by atoms with Crippen LogP contribution in [0, 0.1) is 6.92 Å². The zero-order chi connectivity index (χ0) is 18.1. The summed E-state index contributed by atoms with van der Waals surface area (Å²) >= 11 is 1.74. The van der Waals surface area contributed by atoms with Crippen LogP contribution in [0.3, 0.4) is 0 Å². The first-order valence-corrected chi connectivity index (χ1v) is 9.83. The van der Waals surface area contributed by atoms with Crippen LogP contribution in [0.15, 0.2) is 53.4 Å². The summed E-state index contributed by atoms with van der Waals surface area (Å²) in [7, 11) is 0. The Morgan fingerprint density at radius 1 is 1.08 bits per heavy atom. The van der Waals surface area contributed by atoms with Gasteiger partial charge in [0.1, 0.15) is 5.75 Å². The number of ether oxygens (including phenoxy) is 1. The highest BCUT2D eigenvalue weighted by atomic mass is 32.2. The Morgan fingerprint density at radius 2 is 1.76 bits per heavy atom. The molecule has 2 rings (SSSR count). The Morgan fingerprint density at radius 3 is 2.36 bits per heavy atom. The van der Waals surface area contributed by atoms with Gasteiger partial charge < -0.3 is 10.1 Å². The van der Waals surface area contributed by atoms with Gasteiger partial charge in [0.2, 0.25) is 0 Å². The molecule has 1 amide bonds. The molecule has 0 fully saturated rings. The van der Waals surface area contributed by atoms with Gasteiger partial charge in [-0.1, -0.05) is 43.7 Å². The highest BCUT2D eigenvalue weighted by Crippen LogP contribution is 2.18. The zero-order valence-corrected chi connectivity index (χ0v) is 16.1. The summed E-state index contributed by atoms with van der Waals surface area (Å²) in [5.74, 6) is 1.54. The zero-order valence-electron chi connectivity index (χ0n) is 15.2. The van der Waals surface area contributed by atoms with Gasteiger partial charge >= 0.3 is 0 Å². The second-order valence-corrected chi connectivity index (χ2v) is 7.13. The Kier molecular flexibility index (Phi) is 7.86. The highest BCUT2D eigenvalue weighted by Gasteiger charge is 2.17. The molecular weight excluding hydrogens is 330 g/mol. The van der Waals surface area contributed by atoms with Gasteiger partial charge in [-0.3, -0.25) is 4.79 Å². The Labute approximate surface area is 155 Å². The minimum absolute atomic E-state index is 0.0495. The second-order valence-electron chi connectivity index (χ2n) is 5.96. The maximum absolute atomic E-state index is 12.3. The molecule has 0 unspecified atom stereocenters. The van der Waals surface area contributed by atoms with Crippen LogP contribution in [0.25, 0.3) is 0 Å². The molecular formula is C21H27NO2S. The molecule has 0 radical (unpaired) electrons. The number of hydrogen-bond donors (Lipinski definition) is 1. The average molecular weight is 358 g/mol. The van der Waals surface area contributed by atoms with Crippen molar-refractivity contribution in [2.75, 3.05) is 12.3 Å². The molecule has 0 aromatic heterocycles. The molecule has 0 saturated heterocycles. The lowest BCUT2D eigenvalue weighted by Crippen LogP contribution is -2.39. The molecule has 0 saturated carbocycles. The summed E-state index contributed by atoms with van der Waals surface area (Å²) in [5.41, 5.74) is 2.52. The lowest BCUT2D eigenvalue weighted by molar-refractivity contribution is -0.127. The number of thioether (sulfide) groups is 1. The number of benzene rings is 2. The number of nitrogens with one attached hydrogen (secondary N) is 1. The van der Waals surface area contributed by atoms with Gasteiger partial charge in [-0.05, 0) is 49.6 Å². The number of rotatable bonds is 9. The summed E-state index contributed by atoms with van der Waals surface area (Å²) in [6.07, 6.45) is 1.19. The van der Waals surface area contributed by atoms with Gasteiger partial charge in [-0.15, -0.1) is 11.8 Å². The number of amides is 1. The molecule has 0 aliphatic rings. The van der Waals surface area contributed by atoms with Crippen molar-refractivity contribution in [1.82, 2.24) is 5.32 Å². The van der Waals surface area contributed by atoms with E-state index in [2.05, 4.69) is 43.4 Å². The third-order valence-electron chi connectivity index (χ3n) is 3.96. The van der Waals surface area contributed by atoms with Gasteiger partial charge in [0.25, 0.3) is 5.91 Å². The van der Waals surface area contributed by atoms with Crippen LogP contribution >= 0.6 is 11.8 Å². The van der Waals surface area contributed by atoms with Crippen LogP contribution in [0.4, 0.5) is 0 Å². The van der Waals surface area contributed by atoms with E-state index in [9.17, 15) is 4.79 Å². The van der Waals surface area contributed by atoms with Crippen LogP contribution in [-0.4, -0.2) is 24.3 Å². The van der Waals surface area contributed by atoms with Gasteiger partial charge in [0.05, 0.1) is 0 Å². The molecule has 2 aromatic carbocycles. The summed E-state index contributed by atoms with van der Waals surface area (Å²) in [4.78, 5) is 13.5. The molecule has 0 heterocycles. The van der Waals surface area contributed by atoms with Crippen molar-refractivity contribution < 1.29 is 9.53 Å². The van der Waals surface area contributed by atoms with Crippen molar-refractivity contribution in [1.29, 1.82) is 0 Å². The third kappa shape index (κ3) is 6.46. The van der Waals surface area contributed by atoms with Gasteiger partial charge in [-0.2, -0.15) is 0 Å². The van der Waals surface area contributed by atoms with E-state index in [0.29, 0.717) is 13.0 Å². The van der Waals surface area contributed by atoms with Crippen molar-refractivity contribution in [3.8, 4) is 5.75 Å². The van der Waals surface area contributed by atoms with Crippen LogP contribution < -0.4 is 10.1 Å². The summed E-state index contributed by atoms with van der Waals surface area (Å²) in [6.45, 7) is 6.79. The third-order valence-corrected chi connectivity index (χ3v) is 4.98. The maximum atomic E-state index is 12.3. The smallest absolute Gasteiger partial charge is 0.261 e. The van der Waals surface area contributed by atoms with Crippen LogP contribution in [0.1, 0.15) is 31.4 Å². The van der Waals surface area contributed by atoms with E-state index in [1.54, 1.807) is 11.8 Å². The number of aryl methyl sites for hydroxylation is 2. The molecule has 134 valence electrons. The summed E-state index contributed by atoms with van der Waals surface area (Å²) < 4.78 is 5.83. The highest BCUT2D eigenvalue weighted by molar-refractivity contribution is 7.99. The van der Waals surface area contributed by atoms with Crippen molar-refractivity contribution in [3.63, 3.8) is 0 Å². The molecule has 1 atom stereocenters. The lowest BCUT2D eigenvalue weighted by atomic mass is 10.2. The monoisotopic (exact) mass is 357 g/mol. The van der Waals surface area contributed by atoms with Gasteiger partial charge in [-0.25, -0.2) is 0 Å². The average Bonchev–Trinajstić information content (AvgIpc) is 2.65. The quantitative estimate of drug-likeness (QED) is 0.525. The van der Waals surface area contributed by atoms with E-state index in [1.165, 1.54) is 16.0 Å². The van der Waals surface area contributed by atoms with E-state index >= 15 is 0 Å². The van der Waals surface area contributed by atoms with Crippen molar-refractivity contribution in [2.45, 2.75) is 44.6 Å². The predicted molar refractivity (Wildman–Crippen MR) is 105 cm³/mol. The number of hydrogen-bond acceptors (Lipinski definition) is 3. The summed E-state index contributed by atoms with van der Waals surface area (Å²) in [5, 5.41) is 2.97. The van der Waals surface area contributed by atoms with E-state index in [4.69, 9.17) is 4.74 Å². The number of carbonyl (C=O) groups is 1. The van der Waals surface area contributed by atoms with Crippen LogP contribution in [-0.2, 0) is 11.2 Å². The SMILES string of the molecule is CCc1ccc(O[C@@H](CC)C(=O)NCCSc2ccc(C)cc2)cc1. The second kappa shape index (κ2) is 10.1. The minimum Gasteiger partial charge on any atom is -0.481 e. The van der Waals surface area contributed by atoms with Crippen molar-refractivity contribution in [3.05, 3.63) is 59.7 Å². The first kappa shape index (κ1) is 19.4. The molecule has 0 spiro atoms. The van der Waals surface area contributed by atoms with Crippen molar-refractivity contribution in [2.24, 2.45) is 0 Å². The van der Waals surface area contributed by atoms with Gasteiger partial charge in [0, 0.05) is 17.2 Å². The topological polar surface area (TPSA) is 38.3 Å². The standard InChI is InChI=1S/C21H27NO2S/c1-4-17-8-10-18(11-9-17)24-20(5-2)21(23)22-14-15-25-19-12-6-16(3)7-13-19/h6-13,20H,4-5,14-15H2,1-3H3,(H,22,23)/t20-/m0/s1. The maximum Gasteiger partial charge on any atom is 0.261 e. The molecule has 0 bridgehead atoms. The predicted octanol–water partition coefficient (Wildman–Crippen LogP) is 4.62. The fourth-order valence-corrected chi connectivity index (χ4v) is 3.15. The molecule has 3 nitrogen and oxygen atoms in total. The van der Waals surface area contributed by atoms with E-state index in [0.717, 1.165) is 17.9 Å². The molecule has 0 aliphatic carbocycles. The van der Waals surface area contributed by atoms with Gasteiger partial charge in [0.15, 0.2) is 6.10 Å². The van der Waals surface area contributed by atoms with E-state index in [1.807, 2.05) is 31.2 Å². The largest absolute Gasteiger partial charge is 0.481 e. The van der Waals surface area contributed by atoms with E-state index < -0.39 is 6.10 Å². The summed E-state index contributed by atoms with van der Waals surface area (Å²) in [6, 6.07) is 16.4. The normalized spacial score (nSPS) is 11.8. The van der Waals surface area contributed by atoms with E-state index in [-0.39, 0.29) is 5.91 Å².